The number of halogens is 1. The molecule has 0 fully saturated rings. The Balaban J connectivity index is 0.00000320. The van der Waals surface area contributed by atoms with Gasteiger partial charge in [-0.3, -0.25) is 0 Å². The zero-order chi connectivity index (χ0) is 20.5. The molecule has 0 spiro atoms. The second-order valence-corrected chi connectivity index (χ2v) is 6.64. The van der Waals surface area contributed by atoms with E-state index in [9.17, 15) is 0 Å². The Morgan fingerprint density at radius 3 is 2.57 bits per heavy atom. The average molecular weight is 527 g/mol. The number of methoxy groups -OCH3 is 1. The van der Waals surface area contributed by atoms with Gasteiger partial charge in [-0.2, -0.15) is 0 Å². The van der Waals surface area contributed by atoms with Crippen LogP contribution in [0.3, 0.4) is 0 Å². The summed E-state index contributed by atoms with van der Waals surface area (Å²) in [5.41, 5.74) is 0.882. The SMILES string of the molecule is CCNC(=NCC(C)Oc1ccccc1OC)Nc1ccc2c(c1)OCCCO2.I. The maximum Gasteiger partial charge on any atom is 0.195 e. The van der Waals surface area contributed by atoms with Crippen LogP contribution in [0.2, 0.25) is 0 Å². The highest BCUT2D eigenvalue weighted by Crippen LogP contribution is 2.32. The van der Waals surface area contributed by atoms with Crippen molar-refractivity contribution in [2.24, 2.45) is 4.99 Å². The van der Waals surface area contributed by atoms with Crippen LogP contribution in [0.1, 0.15) is 20.3 Å². The maximum atomic E-state index is 5.98. The summed E-state index contributed by atoms with van der Waals surface area (Å²) in [6, 6.07) is 13.4. The lowest BCUT2D eigenvalue weighted by molar-refractivity contribution is 0.219. The number of aliphatic imine (C=N–C) groups is 1. The van der Waals surface area contributed by atoms with Crippen molar-refractivity contribution >= 4 is 35.6 Å². The minimum absolute atomic E-state index is 0. The fourth-order valence-electron chi connectivity index (χ4n) is 2.87. The van der Waals surface area contributed by atoms with Gasteiger partial charge in [0, 0.05) is 24.7 Å². The van der Waals surface area contributed by atoms with Gasteiger partial charge in [0.1, 0.15) is 6.10 Å². The lowest BCUT2D eigenvalue weighted by Crippen LogP contribution is -2.32. The molecule has 0 aliphatic carbocycles. The Hall–Kier alpha value is -2.36. The Morgan fingerprint density at radius 2 is 1.83 bits per heavy atom. The first-order valence-electron chi connectivity index (χ1n) is 9.94. The zero-order valence-corrected chi connectivity index (χ0v) is 20.0. The van der Waals surface area contributed by atoms with Crippen LogP contribution in [0.25, 0.3) is 0 Å². The fraction of sp³-hybridized carbons (Fsp3) is 0.409. The van der Waals surface area contributed by atoms with Crippen molar-refractivity contribution < 1.29 is 18.9 Å². The van der Waals surface area contributed by atoms with E-state index in [4.69, 9.17) is 18.9 Å². The van der Waals surface area contributed by atoms with Gasteiger partial charge in [-0.25, -0.2) is 4.99 Å². The number of guanidine groups is 1. The maximum absolute atomic E-state index is 5.98. The topological polar surface area (TPSA) is 73.3 Å². The Labute approximate surface area is 195 Å². The molecule has 30 heavy (non-hydrogen) atoms. The Bertz CT molecular complexity index is 832. The Kier molecular flexibility index (Phi) is 9.85. The van der Waals surface area contributed by atoms with Crippen molar-refractivity contribution in [3.05, 3.63) is 42.5 Å². The van der Waals surface area contributed by atoms with E-state index in [-0.39, 0.29) is 30.1 Å². The van der Waals surface area contributed by atoms with Gasteiger partial charge >= 0.3 is 0 Å². The van der Waals surface area contributed by atoms with E-state index in [0.29, 0.717) is 37.2 Å². The molecule has 2 N–H and O–H groups in total. The third kappa shape index (κ3) is 6.86. The molecule has 3 rings (SSSR count). The summed E-state index contributed by atoms with van der Waals surface area (Å²) >= 11 is 0. The fourth-order valence-corrected chi connectivity index (χ4v) is 2.87. The van der Waals surface area contributed by atoms with Gasteiger partial charge in [-0.05, 0) is 38.1 Å². The number of fused-ring (bicyclic) bond motifs is 1. The van der Waals surface area contributed by atoms with Crippen molar-refractivity contribution in [2.75, 3.05) is 38.7 Å². The number of nitrogens with zero attached hydrogens (tertiary/aromatic N) is 1. The molecule has 0 bridgehead atoms. The Morgan fingerprint density at radius 1 is 1.10 bits per heavy atom. The molecule has 1 aliphatic rings. The van der Waals surface area contributed by atoms with E-state index in [2.05, 4.69) is 15.6 Å². The number of nitrogens with one attached hydrogen (secondary N) is 2. The molecule has 0 amide bonds. The number of para-hydroxylation sites is 2. The second-order valence-electron chi connectivity index (χ2n) is 6.64. The highest BCUT2D eigenvalue weighted by Gasteiger charge is 2.12. The lowest BCUT2D eigenvalue weighted by atomic mass is 10.2. The minimum atomic E-state index is -0.120. The van der Waals surface area contributed by atoms with Crippen LogP contribution in [0, 0.1) is 0 Å². The second kappa shape index (κ2) is 12.4. The summed E-state index contributed by atoms with van der Waals surface area (Å²) < 4.78 is 22.8. The van der Waals surface area contributed by atoms with Crippen LogP contribution in [0.15, 0.2) is 47.5 Å². The quantitative estimate of drug-likeness (QED) is 0.318. The molecule has 0 saturated heterocycles. The van der Waals surface area contributed by atoms with E-state index in [0.717, 1.165) is 30.2 Å². The number of rotatable bonds is 7. The monoisotopic (exact) mass is 527 g/mol. The predicted molar refractivity (Wildman–Crippen MR) is 130 cm³/mol. The molecule has 1 atom stereocenters. The van der Waals surface area contributed by atoms with Gasteiger partial charge in [0.05, 0.1) is 26.9 Å². The molecule has 1 aliphatic heterocycles. The van der Waals surface area contributed by atoms with E-state index in [1.54, 1.807) is 7.11 Å². The summed E-state index contributed by atoms with van der Waals surface area (Å²) in [5.74, 6) is 3.61. The van der Waals surface area contributed by atoms with Crippen LogP contribution >= 0.6 is 24.0 Å². The number of hydrogen-bond donors (Lipinski definition) is 2. The smallest absolute Gasteiger partial charge is 0.195 e. The molecular weight excluding hydrogens is 497 g/mol. The molecule has 7 nitrogen and oxygen atoms in total. The summed E-state index contributed by atoms with van der Waals surface area (Å²) in [7, 11) is 1.63. The van der Waals surface area contributed by atoms with Gasteiger partial charge in [0.15, 0.2) is 29.0 Å². The molecule has 8 heteroatoms. The van der Waals surface area contributed by atoms with Gasteiger partial charge < -0.3 is 29.6 Å². The lowest BCUT2D eigenvalue weighted by Gasteiger charge is -2.17. The number of anilines is 1. The van der Waals surface area contributed by atoms with Crippen LogP contribution < -0.4 is 29.6 Å². The largest absolute Gasteiger partial charge is 0.493 e. The molecule has 0 radical (unpaired) electrons. The average Bonchev–Trinajstić information content (AvgIpc) is 2.97. The number of benzene rings is 2. The van der Waals surface area contributed by atoms with Crippen molar-refractivity contribution in [3.63, 3.8) is 0 Å². The van der Waals surface area contributed by atoms with E-state index >= 15 is 0 Å². The van der Waals surface area contributed by atoms with Gasteiger partial charge in [-0.1, -0.05) is 12.1 Å². The normalized spacial score (nSPS) is 14.0. The highest BCUT2D eigenvalue weighted by atomic mass is 127. The van der Waals surface area contributed by atoms with E-state index < -0.39 is 0 Å². The predicted octanol–water partition coefficient (Wildman–Crippen LogP) is 4.32. The summed E-state index contributed by atoms with van der Waals surface area (Å²) in [4.78, 5) is 4.65. The molecule has 2 aromatic carbocycles. The summed E-state index contributed by atoms with van der Waals surface area (Å²) in [5, 5.41) is 6.57. The molecule has 1 unspecified atom stereocenters. The molecule has 0 saturated carbocycles. The first kappa shape index (κ1) is 23.9. The molecular formula is C22H30IN3O4. The van der Waals surface area contributed by atoms with Crippen molar-refractivity contribution in [2.45, 2.75) is 26.4 Å². The van der Waals surface area contributed by atoms with Crippen LogP contribution in [-0.4, -0.2) is 45.5 Å². The highest BCUT2D eigenvalue weighted by molar-refractivity contribution is 14.0. The number of hydrogen-bond acceptors (Lipinski definition) is 5. The molecule has 164 valence electrons. The first-order valence-corrected chi connectivity index (χ1v) is 9.94. The third-order valence-corrected chi connectivity index (χ3v) is 4.26. The van der Waals surface area contributed by atoms with Gasteiger partial charge in [0.25, 0.3) is 0 Å². The van der Waals surface area contributed by atoms with Crippen LogP contribution in [0.5, 0.6) is 23.0 Å². The number of ether oxygens (including phenoxy) is 4. The summed E-state index contributed by atoms with van der Waals surface area (Å²) in [6.07, 6.45) is 0.761. The van der Waals surface area contributed by atoms with Crippen molar-refractivity contribution in [1.82, 2.24) is 5.32 Å². The van der Waals surface area contributed by atoms with Crippen molar-refractivity contribution in [3.8, 4) is 23.0 Å². The first-order chi connectivity index (χ1) is 14.2. The minimum Gasteiger partial charge on any atom is -0.493 e. The van der Waals surface area contributed by atoms with E-state index in [1.807, 2.05) is 56.3 Å². The van der Waals surface area contributed by atoms with Crippen LogP contribution in [-0.2, 0) is 0 Å². The summed E-state index contributed by atoms with van der Waals surface area (Å²) in [6.45, 7) is 6.57. The van der Waals surface area contributed by atoms with Crippen LogP contribution in [0.4, 0.5) is 5.69 Å². The molecule has 2 aromatic rings. The van der Waals surface area contributed by atoms with Crippen molar-refractivity contribution in [1.29, 1.82) is 0 Å². The molecule has 0 aromatic heterocycles. The van der Waals surface area contributed by atoms with Gasteiger partial charge in [0.2, 0.25) is 0 Å². The molecule has 1 heterocycles. The third-order valence-electron chi connectivity index (χ3n) is 4.26. The van der Waals surface area contributed by atoms with E-state index in [1.165, 1.54) is 0 Å². The van der Waals surface area contributed by atoms with Gasteiger partial charge in [-0.15, -0.1) is 24.0 Å². The zero-order valence-electron chi connectivity index (χ0n) is 17.6. The standard InChI is InChI=1S/C22H29N3O4.HI/c1-4-23-22(24-15-16(2)29-20-9-6-5-8-18(20)26-3)25-17-10-11-19-21(14-17)28-13-7-12-27-19;/h5-6,8-11,14,16H,4,7,12-13,15H2,1-3H3,(H2,23,24,25);1H.